The van der Waals surface area contributed by atoms with Crippen molar-refractivity contribution in [3.05, 3.63) is 52.6 Å². The summed E-state index contributed by atoms with van der Waals surface area (Å²) in [4.78, 5) is 12.3. The van der Waals surface area contributed by atoms with Crippen LogP contribution in [0.25, 0.3) is 0 Å². The molecule has 124 valence electrons. The first-order chi connectivity index (χ1) is 10.8. The fourth-order valence-electron chi connectivity index (χ4n) is 2.32. The lowest BCUT2D eigenvalue weighted by Gasteiger charge is -2.24. The number of carbonyl (C=O) groups excluding carboxylic acids is 1. The molecule has 1 amide bonds. The summed E-state index contributed by atoms with van der Waals surface area (Å²) in [5.74, 6) is -1.17. The van der Waals surface area contributed by atoms with Crippen molar-refractivity contribution >= 4 is 17.5 Å². The van der Waals surface area contributed by atoms with Crippen LogP contribution in [0, 0.1) is 11.7 Å². The van der Waals surface area contributed by atoms with Crippen molar-refractivity contribution in [2.75, 3.05) is 0 Å². The fraction of sp³-hybridized carbons (Fsp3) is 0.375. The molecule has 0 aliphatic rings. The lowest BCUT2D eigenvalue weighted by molar-refractivity contribution is -0.130. The molecule has 0 saturated heterocycles. The van der Waals surface area contributed by atoms with E-state index < -0.39 is 23.9 Å². The molecular formula is C16H19ClFN3O2. The highest BCUT2D eigenvalue weighted by atomic mass is 35.5. The first-order valence-corrected chi connectivity index (χ1v) is 7.59. The highest BCUT2D eigenvalue weighted by Crippen LogP contribution is 2.27. The summed E-state index contributed by atoms with van der Waals surface area (Å²) in [6.07, 6.45) is 1.61. The molecule has 0 spiro atoms. The van der Waals surface area contributed by atoms with E-state index in [9.17, 15) is 14.3 Å². The van der Waals surface area contributed by atoms with Gasteiger partial charge in [-0.2, -0.15) is 5.10 Å². The number of hydrogen-bond acceptors (Lipinski definition) is 3. The standard InChI is InChI=1S/C16H19ClFN3O2/c1-9(2)14(12-5-4-11(17)6-13(12)18)20-16(23)15(22)10-7-19-21(3)8-10/h4-9,14-15,22H,1-3H3,(H,20,23). The number of aromatic nitrogens is 2. The summed E-state index contributed by atoms with van der Waals surface area (Å²) in [5.41, 5.74) is 0.709. The Bertz CT molecular complexity index is 702. The molecule has 0 radical (unpaired) electrons. The zero-order valence-electron chi connectivity index (χ0n) is 13.1. The fourth-order valence-corrected chi connectivity index (χ4v) is 2.48. The third-order valence-electron chi connectivity index (χ3n) is 3.55. The van der Waals surface area contributed by atoms with Crippen LogP contribution in [0.1, 0.15) is 37.1 Å². The normalized spacial score (nSPS) is 13.9. The van der Waals surface area contributed by atoms with Crippen LogP contribution < -0.4 is 5.32 Å². The van der Waals surface area contributed by atoms with E-state index in [1.54, 1.807) is 25.4 Å². The van der Waals surface area contributed by atoms with E-state index in [4.69, 9.17) is 11.6 Å². The van der Waals surface area contributed by atoms with Gasteiger partial charge in [-0.15, -0.1) is 0 Å². The minimum absolute atomic E-state index is 0.0734. The second-order valence-corrected chi connectivity index (χ2v) is 6.18. The molecule has 7 heteroatoms. The Hall–Kier alpha value is -1.92. The number of hydrogen-bond donors (Lipinski definition) is 2. The molecule has 2 unspecified atom stereocenters. The number of benzene rings is 1. The molecule has 1 aromatic heterocycles. The number of nitrogens with zero attached hydrogens (tertiary/aromatic N) is 2. The van der Waals surface area contributed by atoms with Crippen molar-refractivity contribution < 1.29 is 14.3 Å². The highest BCUT2D eigenvalue weighted by Gasteiger charge is 2.26. The Balaban J connectivity index is 2.20. The van der Waals surface area contributed by atoms with Crippen LogP contribution in [-0.4, -0.2) is 20.8 Å². The van der Waals surface area contributed by atoms with Gasteiger partial charge in [-0.05, 0) is 18.1 Å². The number of aliphatic hydroxyl groups is 1. The van der Waals surface area contributed by atoms with Gasteiger partial charge in [0, 0.05) is 29.4 Å². The van der Waals surface area contributed by atoms with Crippen molar-refractivity contribution in [1.29, 1.82) is 0 Å². The second-order valence-electron chi connectivity index (χ2n) is 5.75. The molecule has 0 aliphatic carbocycles. The third kappa shape index (κ3) is 4.09. The monoisotopic (exact) mass is 339 g/mol. The van der Waals surface area contributed by atoms with E-state index >= 15 is 0 Å². The van der Waals surface area contributed by atoms with Gasteiger partial charge < -0.3 is 10.4 Å². The number of nitrogens with one attached hydrogen (secondary N) is 1. The predicted octanol–water partition coefficient (Wildman–Crippen LogP) is 2.76. The van der Waals surface area contributed by atoms with Crippen molar-refractivity contribution in [3.63, 3.8) is 0 Å². The van der Waals surface area contributed by atoms with Crippen LogP contribution in [0.4, 0.5) is 4.39 Å². The lowest BCUT2D eigenvalue weighted by Crippen LogP contribution is -2.35. The zero-order valence-corrected chi connectivity index (χ0v) is 13.9. The lowest BCUT2D eigenvalue weighted by atomic mass is 9.95. The topological polar surface area (TPSA) is 67.2 Å². The molecule has 0 bridgehead atoms. The molecule has 2 N–H and O–H groups in total. The van der Waals surface area contributed by atoms with E-state index in [2.05, 4.69) is 10.4 Å². The minimum Gasteiger partial charge on any atom is -0.378 e. The van der Waals surface area contributed by atoms with Crippen LogP contribution in [0.15, 0.2) is 30.6 Å². The zero-order chi connectivity index (χ0) is 17.1. The maximum atomic E-state index is 14.1. The number of carbonyl (C=O) groups is 1. The van der Waals surface area contributed by atoms with Gasteiger partial charge in [0.15, 0.2) is 6.10 Å². The summed E-state index contributed by atoms with van der Waals surface area (Å²) < 4.78 is 15.6. The van der Waals surface area contributed by atoms with Crippen LogP contribution in [-0.2, 0) is 11.8 Å². The Morgan fingerprint density at radius 1 is 1.43 bits per heavy atom. The molecule has 2 rings (SSSR count). The summed E-state index contributed by atoms with van der Waals surface area (Å²) in [7, 11) is 1.69. The molecule has 0 fully saturated rings. The van der Waals surface area contributed by atoms with E-state index in [1.807, 2.05) is 13.8 Å². The van der Waals surface area contributed by atoms with E-state index in [1.165, 1.54) is 16.9 Å². The average Bonchev–Trinajstić information content (AvgIpc) is 2.90. The molecule has 2 aromatic rings. The maximum absolute atomic E-state index is 14.1. The third-order valence-corrected chi connectivity index (χ3v) is 3.79. The Labute approximate surface area is 139 Å². The number of halogens is 2. The number of aliphatic hydroxyl groups excluding tert-OH is 1. The molecule has 0 aliphatic heterocycles. The van der Waals surface area contributed by atoms with Gasteiger partial charge in [0.2, 0.25) is 0 Å². The SMILES string of the molecule is CC(C)C(NC(=O)C(O)c1cnn(C)c1)c1ccc(Cl)cc1F. The molecule has 0 saturated carbocycles. The first-order valence-electron chi connectivity index (χ1n) is 7.21. The molecule has 23 heavy (non-hydrogen) atoms. The number of aryl methyl sites for hydroxylation is 1. The summed E-state index contributed by atoms with van der Waals surface area (Å²) in [6.45, 7) is 3.71. The maximum Gasteiger partial charge on any atom is 0.254 e. The highest BCUT2D eigenvalue weighted by molar-refractivity contribution is 6.30. The van der Waals surface area contributed by atoms with E-state index in [0.717, 1.165) is 0 Å². The van der Waals surface area contributed by atoms with Gasteiger partial charge in [-0.1, -0.05) is 31.5 Å². The molecule has 1 heterocycles. The van der Waals surface area contributed by atoms with E-state index in [0.29, 0.717) is 11.1 Å². The Morgan fingerprint density at radius 2 is 2.13 bits per heavy atom. The Morgan fingerprint density at radius 3 is 2.65 bits per heavy atom. The van der Waals surface area contributed by atoms with Gasteiger partial charge in [-0.25, -0.2) is 4.39 Å². The number of amides is 1. The predicted molar refractivity (Wildman–Crippen MR) is 85.3 cm³/mol. The van der Waals surface area contributed by atoms with Crippen molar-refractivity contribution in [3.8, 4) is 0 Å². The minimum atomic E-state index is -1.36. The first kappa shape index (κ1) is 17.4. The van der Waals surface area contributed by atoms with Gasteiger partial charge in [0.05, 0.1) is 12.2 Å². The van der Waals surface area contributed by atoms with Crippen molar-refractivity contribution in [2.45, 2.75) is 26.0 Å². The van der Waals surface area contributed by atoms with E-state index in [-0.39, 0.29) is 10.9 Å². The van der Waals surface area contributed by atoms with Gasteiger partial charge in [0.25, 0.3) is 5.91 Å². The van der Waals surface area contributed by atoms with Gasteiger partial charge in [0.1, 0.15) is 5.82 Å². The molecule has 5 nitrogen and oxygen atoms in total. The Kier molecular flexibility index (Phi) is 5.38. The van der Waals surface area contributed by atoms with Crippen molar-refractivity contribution in [2.24, 2.45) is 13.0 Å². The summed E-state index contributed by atoms with van der Waals surface area (Å²) in [6, 6.07) is 3.74. The quantitative estimate of drug-likeness (QED) is 0.880. The van der Waals surface area contributed by atoms with Crippen molar-refractivity contribution in [1.82, 2.24) is 15.1 Å². The summed E-state index contributed by atoms with van der Waals surface area (Å²) >= 11 is 5.76. The molecule has 1 aromatic carbocycles. The van der Waals surface area contributed by atoms with Gasteiger partial charge in [-0.3, -0.25) is 9.48 Å². The van der Waals surface area contributed by atoms with Crippen LogP contribution in [0.5, 0.6) is 0 Å². The van der Waals surface area contributed by atoms with Crippen LogP contribution in [0.3, 0.4) is 0 Å². The molecular weight excluding hydrogens is 321 g/mol. The molecule has 2 atom stereocenters. The smallest absolute Gasteiger partial charge is 0.254 e. The van der Waals surface area contributed by atoms with Crippen LogP contribution in [0.2, 0.25) is 5.02 Å². The second kappa shape index (κ2) is 7.10. The average molecular weight is 340 g/mol. The summed E-state index contributed by atoms with van der Waals surface area (Å²) in [5, 5.41) is 17.0. The van der Waals surface area contributed by atoms with Crippen LogP contribution >= 0.6 is 11.6 Å². The van der Waals surface area contributed by atoms with Gasteiger partial charge >= 0.3 is 0 Å². The number of rotatable bonds is 5. The largest absolute Gasteiger partial charge is 0.378 e.